The van der Waals surface area contributed by atoms with Crippen molar-refractivity contribution in [2.24, 2.45) is 0 Å². The van der Waals surface area contributed by atoms with Crippen molar-refractivity contribution < 1.29 is 22.3 Å². The predicted octanol–water partition coefficient (Wildman–Crippen LogP) is 4.89. The Kier molecular flexibility index (Phi) is 8.43. The van der Waals surface area contributed by atoms with Gasteiger partial charge in [-0.3, -0.25) is 0 Å². The van der Waals surface area contributed by atoms with E-state index in [2.05, 4.69) is 15.8 Å². The summed E-state index contributed by atoms with van der Waals surface area (Å²) in [6.07, 6.45) is 0. The van der Waals surface area contributed by atoms with Gasteiger partial charge in [-0.15, -0.1) is 0 Å². The zero-order valence-corrected chi connectivity index (χ0v) is 24.9. The van der Waals surface area contributed by atoms with Gasteiger partial charge >= 0.3 is 0 Å². The number of aliphatic hydroxyl groups excluding tert-OH is 1. The van der Waals surface area contributed by atoms with Crippen LogP contribution in [0.3, 0.4) is 0 Å². The average molecular weight is 613 g/mol. The SMILES string of the molecule is CCN(c1nc(-c2ccc(F)cc2)c(C#N)s1)c1cc(C(C)C)nc2c(F)cc(N3CC(NS(=O)(=O)CCO)C3)cc12. The maximum Gasteiger partial charge on any atom is 0.214 e. The monoisotopic (exact) mass is 612 g/mol. The van der Waals surface area contributed by atoms with Gasteiger partial charge in [-0.2, -0.15) is 5.26 Å². The number of aromatic nitrogens is 2. The number of hydrogen-bond acceptors (Lipinski definition) is 9. The van der Waals surface area contributed by atoms with Crippen molar-refractivity contribution >= 4 is 48.8 Å². The number of anilines is 3. The Morgan fingerprint density at radius 3 is 2.52 bits per heavy atom. The summed E-state index contributed by atoms with van der Waals surface area (Å²) >= 11 is 1.20. The molecular formula is C29H30F2N6O3S2. The van der Waals surface area contributed by atoms with E-state index in [1.165, 1.54) is 29.5 Å². The Morgan fingerprint density at radius 1 is 1.19 bits per heavy atom. The number of hydrogen-bond donors (Lipinski definition) is 2. The number of halogens is 2. The van der Waals surface area contributed by atoms with Crippen LogP contribution in [0, 0.1) is 23.0 Å². The molecule has 2 aromatic heterocycles. The molecule has 3 heterocycles. The van der Waals surface area contributed by atoms with Gasteiger partial charge in [0.25, 0.3) is 0 Å². The number of nitriles is 1. The lowest BCUT2D eigenvalue weighted by atomic mass is 10.0. The first-order chi connectivity index (χ1) is 20.0. The fraction of sp³-hybridized carbons (Fsp3) is 0.345. The number of thiazole rings is 1. The number of pyridine rings is 1. The molecule has 9 nitrogen and oxygen atoms in total. The van der Waals surface area contributed by atoms with E-state index in [9.17, 15) is 18.1 Å². The van der Waals surface area contributed by atoms with Crippen molar-refractivity contribution in [1.82, 2.24) is 14.7 Å². The van der Waals surface area contributed by atoms with E-state index in [1.807, 2.05) is 42.7 Å². The maximum atomic E-state index is 15.7. The number of aliphatic hydroxyl groups is 1. The summed E-state index contributed by atoms with van der Waals surface area (Å²) in [5, 5.41) is 19.9. The van der Waals surface area contributed by atoms with Gasteiger partial charge in [0.2, 0.25) is 10.0 Å². The first-order valence-electron chi connectivity index (χ1n) is 13.5. The second kappa shape index (κ2) is 11.9. The molecule has 220 valence electrons. The van der Waals surface area contributed by atoms with Crippen LogP contribution in [-0.4, -0.2) is 61.5 Å². The third-order valence-electron chi connectivity index (χ3n) is 7.07. The minimum atomic E-state index is -3.60. The molecule has 0 radical (unpaired) electrons. The Bertz CT molecular complexity index is 1760. The van der Waals surface area contributed by atoms with E-state index in [-0.39, 0.29) is 29.0 Å². The molecule has 0 unspecified atom stereocenters. The molecule has 1 aliphatic rings. The minimum Gasteiger partial charge on any atom is -0.395 e. The van der Waals surface area contributed by atoms with Gasteiger partial charge in [0.05, 0.1) is 24.1 Å². The van der Waals surface area contributed by atoms with E-state index in [0.29, 0.717) is 63.4 Å². The van der Waals surface area contributed by atoms with E-state index >= 15 is 4.39 Å². The average Bonchev–Trinajstić information content (AvgIpc) is 3.35. The van der Waals surface area contributed by atoms with Crippen molar-refractivity contribution in [3.63, 3.8) is 0 Å². The number of rotatable bonds is 10. The summed E-state index contributed by atoms with van der Waals surface area (Å²) in [5.74, 6) is -1.26. The first-order valence-corrected chi connectivity index (χ1v) is 15.9. The molecule has 0 saturated carbocycles. The van der Waals surface area contributed by atoms with Crippen LogP contribution in [0.15, 0.2) is 42.5 Å². The van der Waals surface area contributed by atoms with Crippen molar-refractivity contribution in [2.45, 2.75) is 32.7 Å². The molecule has 0 spiro atoms. The lowest BCUT2D eigenvalue weighted by Gasteiger charge is -2.41. The molecule has 0 aliphatic carbocycles. The van der Waals surface area contributed by atoms with Crippen molar-refractivity contribution in [3.05, 3.63) is 64.7 Å². The van der Waals surface area contributed by atoms with Crippen LogP contribution in [0.2, 0.25) is 0 Å². The number of fused-ring (bicyclic) bond motifs is 1. The third kappa shape index (κ3) is 5.94. The van der Waals surface area contributed by atoms with Gasteiger partial charge in [-0.1, -0.05) is 25.2 Å². The van der Waals surface area contributed by atoms with E-state index in [0.717, 1.165) is 0 Å². The lowest BCUT2D eigenvalue weighted by Crippen LogP contribution is -2.59. The Labute approximate surface area is 247 Å². The smallest absolute Gasteiger partial charge is 0.214 e. The second-order valence-corrected chi connectivity index (χ2v) is 13.2. The molecule has 1 fully saturated rings. The van der Waals surface area contributed by atoms with Crippen LogP contribution in [0.5, 0.6) is 0 Å². The summed E-state index contributed by atoms with van der Waals surface area (Å²) < 4.78 is 55.8. The summed E-state index contributed by atoms with van der Waals surface area (Å²) in [5.41, 5.74) is 3.22. The van der Waals surface area contributed by atoms with Gasteiger partial charge in [0.1, 0.15) is 28.0 Å². The zero-order valence-electron chi connectivity index (χ0n) is 23.3. The summed E-state index contributed by atoms with van der Waals surface area (Å²) in [4.78, 5) is 13.6. The molecular weight excluding hydrogens is 582 g/mol. The van der Waals surface area contributed by atoms with Gasteiger partial charge in [-0.05, 0) is 55.3 Å². The van der Waals surface area contributed by atoms with E-state index in [4.69, 9.17) is 10.1 Å². The van der Waals surface area contributed by atoms with Crippen molar-refractivity contribution in [3.8, 4) is 17.3 Å². The highest BCUT2D eigenvalue weighted by Gasteiger charge is 2.31. The lowest BCUT2D eigenvalue weighted by molar-refractivity contribution is 0.318. The normalized spacial score (nSPS) is 13.9. The molecule has 13 heteroatoms. The van der Waals surface area contributed by atoms with Gasteiger partial charge in [0, 0.05) is 42.0 Å². The molecule has 1 saturated heterocycles. The zero-order chi connectivity index (χ0) is 30.2. The van der Waals surface area contributed by atoms with E-state index in [1.54, 1.807) is 12.1 Å². The highest BCUT2D eigenvalue weighted by Crippen LogP contribution is 2.41. The molecule has 2 aromatic carbocycles. The van der Waals surface area contributed by atoms with Crippen LogP contribution >= 0.6 is 11.3 Å². The van der Waals surface area contributed by atoms with Crippen LogP contribution in [0.25, 0.3) is 22.2 Å². The van der Waals surface area contributed by atoms with Crippen LogP contribution in [0.4, 0.5) is 25.3 Å². The molecule has 42 heavy (non-hydrogen) atoms. The summed E-state index contributed by atoms with van der Waals surface area (Å²) in [6, 6.07) is 12.8. The molecule has 0 bridgehead atoms. The molecule has 1 aliphatic heterocycles. The van der Waals surface area contributed by atoms with Gasteiger partial charge in [0.15, 0.2) is 10.9 Å². The first kappa shape index (κ1) is 29.8. The predicted molar refractivity (Wildman–Crippen MR) is 161 cm³/mol. The fourth-order valence-corrected chi connectivity index (χ4v) is 6.86. The molecule has 0 amide bonds. The molecule has 5 rings (SSSR count). The van der Waals surface area contributed by atoms with Crippen molar-refractivity contribution in [1.29, 1.82) is 5.26 Å². The number of nitrogens with one attached hydrogen (secondary N) is 1. The van der Waals surface area contributed by atoms with Crippen LogP contribution in [-0.2, 0) is 10.0 Å². The minimum absolute atomic E-state index is 0.00903. The number of benzene rings is 2. The largest absolute Gasteiger partial charge is 0.395 e. The van der Waals surface area contributed by atoms with Gasteiger partial charge < -0.3 is 14.9 Å². The Hall–Kier alpha value is -3.70. The Morgan fingerprint density at radius 2 is 1.90 bits per heavy atom. The third-order valence-corrected chi connectivity index (χ3v) is 9.46. The topological polar surface area (TPSA) is 122 Å². The number of sulfonamides is 1. The van der Waals surface area contributed by atoms with Crippen LogP contribution < -0.4 is 14.5 Å². The van der Waals surface area contributed by atoms with Crippen molar-refractivity contribution in [2.75, 3.05) is 41.8 Å². The highest BCUT2D eigenvalue weighted by molar-refractivity contribution is 7.89. The van der Waals surface area contributed by atoms with E-state index < -0.39 is 22.4 Å². The molecule has 4 aromatic rings. The summed E-state index contributed by atoms with van der Waals surface area (Å²) in [6.45, 7) is 6.57. The standard InChI is InChI=1S/C29H30F2N6O3S2/c1-4-37(29-34-27(26(14-32)41-29)18-5-7-19(30)8-6-18)25-13-24(17(2)3)33-28-22(25)11-21(12-23(28)31)36-15-20(16-36)35-42(39,40)10-9-38/h5-8,11-13,17,20,35,38H,4,9-10,15-16H2,1-3H3. The molecule has 0 atom stereocenters. The number of nitrogens with zero attached hydrogens (tertiary/aromatic N) is 5. The second-order valence-electron chi connectivity index (χ2n) is 10.3. The summed E-state index contributed by atoms with van der Waals surface area (Å²) in [7, 11) is -3.60. The maximum absolute atomic E-state index is 15.7. The van der Waals surface area contributed by atoms with Gasteiger partial charge in [-0.25, -0.2) is 31.9 Å². The van der Waals surface area contributed by atoms with Crippen LogP contribution in [0.1, 0.15) is 37.3 Å². The quantitative estimate of drug-likeness (QED) is 0.260. The Balaban J connectivity index is 1.56. The highest BCUT2D eigenvalue weighted by atomic mass is 32.2. The fourth-order valence-electron chi connectivity index (χ4n) is 4.88. The molecule has 2 N–H and O–H groups in total.